The van der Waals surface area contributed by atoms with E-state index in [2.05, 4.69) is 0 Å². The number of ether oxygens (including phenoxy) is 2. The number of methoxy groups -OCH3 is 1. The molecule has 88 valence electrons. The van der Waals surface area contributed by atoms with Gasteiger partial charge in [0.05, 0.1) is 10.6 Å². The van der Waals surface area contributed by atoms with E-state index >= 15 is 0 Å². The smallest absolute Gasteiger partial charge is 0.208 e. The van der Waals surface area contributed by atoms with Crippen molar-refractivity contribution in [2.24, 2.45) is 0 Å². The Morgan fingerprint density at radius 1 is 1.29 bits per heavy atom. The summed E-state index contributed by atoms with van der Waals surface area (Å²) in [6.45, 7) is -0.000737. The average Bonchev–Trinajstić information content (AvgIpc) is 2.33. The van der Waals surface area contributed by atoms with Crippen LogP contribution in [0, 0.1) is 0 Å². The highest BCUT2D eigenvalue weighted by Crippen LogP contribution is 2.30. The molecule has 17 heavy (non-hydrogen) atoms. The fourth-order valence-corrected chi connectivity index (χ4v) is 1.78. The molecule has 0 N–H and O–H groups in total. The number of ketones is 2. The van der Waals surface area contributed by atoms with Crippen molar-refractivity contribution in [2.45, 2.75) is 0 Å². The van der Waals surface area contributed by atoms with Gasteiger partial charge < -0.3 is 9.47 Å². The number of benzene rings is 1. The number of fused-ring (bicyclic) bond motifs is 1. The molecular formula is C12H9ClO4. The van der Waals surface area contributed by atoms with Gasteiger partial charge in [-0.15, -0.1) is 0 Å². The van der Waals surface area contributed by atoms with Crippen molar-refractivity contribution >= 4 is 23.2 Å². The van der Waals surface area contributed by atoms with Crippen LogP contribution in [0.15, 0.2) is 29.3 Å². The topological polar surface area (TPSA) is 52.6 Å². The van der Waals surface area contributed by atoms with Crippen LogP contribution >= 0.6 is 11.6 Å². The Bertz CT molecular complexity index is 519. The molecule has 0 spiro atoms. The minimum Gasteiger partial charge on any atom is -0.467 e. The summed E-state index contributed by atoms with van der Waals surface area (Å²) in [5.74, 6) is -0.408. The maximum atomic E-state index is 11.9. The number of halogens is 1. The van der Waals surface area contributed by atoms with Crippen LogP contribution < -0.4 is 4.74 Å². The molecule has 2 rings (SSSR count). The summed E-state index contributed by atoms with van der Waals surface area (Å²) >= 11 is 5.70. The Labute approximate surface area is 103 Å². The van der Waals surface area contributed by atoms with E-state index in [1.807, 2.05) is 0 Å². The third kappa shape index (κ3) is 2.09. The monoisotopic (exact) mass is 252 g/mol. The van der Waals surface area contributed by atoms with Crippen LogP contribution in [0.3, 0.4) is 0 Å². The van der Waals surface area contributed by atoms with Crippen molar-refractivity contribution in [2.75, 3.05) is 13.9 Å². The fourth-order valence-electron chi connectivity index (χ4n) is 1.59. The van der Waals surface area contributed by atoms with Crippen LogP contribution in [-0.2, 0) is 4.74 Å². The molecule has 0 heterocycles. The lowest BCUT2D eigenvalue weighted by Gasteiger charge is -2.15. The minimum atomic E-state index is -0.409. The average molecular weight is 253 g/mol. The number of hydrogen-bond donors (Lipinski definition) is 0. The molecule has 0 saturated heterocycles. The molecule has 0 atom stereocenters. The number of hydrogen-bond acceptors (Lipinski definition) is 4. The van der Waals surface area contributed by atoms with Crippen LogP contribution in [0.4, 0.5) is 0 Å². The van der Waals surface area contributed by atoms with Gasteiger partial charge in [-0.3, -0.25) is 9.59 Å². The predicted octanol–water partition coefficient (Wildman–Crippen LogP) is 2.17. The Hall–Kier alpha value is -1.65. The number of Topliss-reactive ketones (excluding diaryl/α,β-unsaturated/α-hetero) is 1. The van der Waals surface area contributed by atoms with E-state index in [-0.39, 0.29) is 23.2 Å². The molecule has 0 aromatic heterocycles. The summed E-state index contributed by atoms with van der Waals surface area (Å²) in [6.07, 6.45) is 1.12. The standard InChI is InChI=1S/C12H9ClO4/c1-16-6-17-10-4-2-3-7-9(14)5-8(13)12(15)11(7)10/h2-5H,6H2,1H3. The van der Waals surface area contributed by atoms with E-state index in [4.69, 9.17) is 21.1 Å². The molecule has 1 aliphatic carbocycles. The summed E-state index contributed by atoms with van der Waals surface area (Å²) in [6, 6.07) is 4.80. The third-order valence-corrected chi connectivity index (χ3v) is 2.61. The van der Waals surface area contributed by atoms with E-state index in [0.29, 0.717) is 11.3 Å². The maximum absolute atomic E-state index is 11.9. The zero-order chi connectivity index (χ0) is 12.4. The SMILES string of the molecule is COCOc1cccc2c1C(=O)C(Cl)=CC2=O. The summed E-state index contributed by atoms with van der Waals surface area (Å²) in [7, 11) is 1.47. The van der Waals surface area contributed by atoms with E-state index < -0.39 is 5.78 Å². The van der Waals surface area contributed by atoms with Gasteiger partial charge in [0.2, 0.25) is 5.78 Å². The van der Waals surface area contributed by atoms with Crippen LogP contribution in [-0.4, -0.2) is 25.5 Å². The summed E-state index contributed by atoms with van der Waals surface area (Å²) in [4.78, 5) is 23.5. The van der Waals surface area contributed by atoms with E-state index in [0.717, 1.165) is 6.08 Å². The first-order chi connectivity index (χ1) is 8.15. The molecule has 5 heteroatoms. The van der Waals surface area contributed by atoms with Gasteiger partial charge in [0.25, 0.3) is 0 Å². The first-order valence-corrected chi connectivity index (χ1v) is 5.24. The van der Waals surface area contributed by atoms with Crippen molar-refractivity contribution in [3.05, 3.63) is 40.4 Å². The molecule has 0 aliphatic heterocycles. The fraction of sp³-hybridized carbons (Fsp3) is 0.167. The molecule has 4 nitrogen and oxygen atoms in total. The van der Waals surface area contributed by atoms with Gasteiger partial charge in [-0.1, -0.05) is 23.7 Å². The van der Waals surface area contributed by atoms with Crippen LogP contribution in [0.1, 0.15) is 20.7 Å². The molecule has 0 saturated carbocycles. The second-order valence-electron chi connectivity index (χ2n) is 3.42. The molecule has 1 aromatic rings. The molecule has 0 fully saturated rings. The van der Waals surface area contributed by atoms with E-state index in [1.54, 1.807) is 18.2 Å². The van der Waals surface area contributed by atoms with Gasteiger partial charge >= 0.3 is 0 Å². The van der Waals surface area contributed by atoms with Crippen molar-refractivity contribution in [3.8, 4) is 5.75 Å². The van der Waals surface area contributed by atoms with Crippen molar-refractivity contribution in [1.29, 1.82) is 0 Å². The Morgan fingerprint density at radius 3 is 2.76 bits per heavy atom. The summed E-state index contributed by atoms with van der Waals surface area (Å²) in [5, 5.41) is -0.101. The van der Waals surface area contributed by atoms with Gasteiger partial charge in [-0.2, -0.15) is 0 Å². The van der Waals surface area contributed by atoms with Crippen molar-refractivity contribution in [3.63, 3.8) is 0 Å². The number of allylic oxidation sites excluding steroid dienone is 2. The zero-order valence-corrected chi connectivity index (χ0v) is 9.78. The highest BCUT2D eigenvalue weighted by atomic mass is 35.5. The molecule has 0 amide bonds. The summed E-state index contributed by atoms with van der Waals surface area (Å²) in [5.41, 5.74) is 0.495. The zero-order valence-electron chi connectivity index (χ0n) is 9.03. The molecule has 1 aromatic carbocycles. The van der Waals surface area contributed by atoms with Gasteiger partial charge in [-0.05, 0) is 6.07 Å². The van der Waals surface area contributed by atoms with Gasteiger partial charge in [0.15, 0.2) is 12.6 Å². The van der Waals surface area contributed by atoms with Gasteiger partial charge in [-0.25, -0.2) is 0 Å². The Morgan fingerprint density at radius 2 is 2.06 bits per heavy atom. The lowest BCUT2D eigenvalue weighted by Crippen LogP contribution is -2.16. The minimum absolute atomic E-state index is 0.000737. The third-order valence-electron chi connectivity index (χ3n) is 2.33. The van der Waals surface area contributed by atoms with E-state index in [9.17, 15) is 9.59 Å². The second-order valence-corrected chi connectivity index (χ2v) is 3.82. The number of rotatable bonds is 3. The van der Waals surface area contributed by atoms with Gasteiger partial charge in [0.1, 0.15) is 5.75 Å². The predicted molar refractivity (Wildman–Crippen MR) is 61.5 cm³/mol. The van der Waals surface area contributed by atoms with E-state index in [1.165, 1.54) is 7.11 Å². The number of carbonyl (C=O) groups excluding carboxylic acids is 2. The van der Waals surface area contributed by atoms with Crippen molar-refractivity contribution < 1.29 is 19.1 Å². The Balaban J connectivity index is 2.51. The quantitative estimate of drug-likeness (QED) is 0.774. The first-order valence-electron chi connectivity index (χ1n) is 4.86. The molecule has 0 unspecified atom stereocenters. The van der Waals surface area contributed by atoms with Crippen LogP contribution in [0.5, 0.6) is 5.75 Å². The summed E-state index contributed by atoms with van der Waals surface area (Å²) < 4.78 is 10.00. The van der Waals surface area contributed by atoms with Gasteiger partial charge in [0, 0.05) is 18.7 Å². The first kappa shape index (κ1) is 11.8. The highest BCUT2D eigenvalue weighted by Gasteiger charge is 2.27. The molecule has 0 radical (unpaired) electrons. The maximum Gasteiger partial charge on any atom is 0.208 e. The van der Waals surface area contributed by atoms with Crippen LogP contribution in [0.2, 0.25) is 0 Å². The largest absolute Gasteiger partial charge is 0.467 e. The second kappa shape index (κ2) is 4.69. The van der Waals surface area contributed by atoms with Crippen LogP contribution in [0.25, 0.3) is 0 Å². The van der Waals surface area contributed by atoms with Crippen molar-refractivity contribution in [1.82, 2.24) is 0 Å². The molecule has 1 aliphatic rings. The highest BCUT2D eigenvalue weighted by molar-refractivity contribution is 6.49. The molecule has 0 bridgehead atoms. The number of carbonyl (C=O) groups is 2. The Kier molecular flexibility index (Phi) is 3.26. The molecular weight excluding hydrogens is 244 g/mol. The lowest BCUT2D eigenvalue weighted by molar-refractivity contribution is 0.0502. The normalized spacial score (nSPS) is 14.4. The lowest BCUT2D eigenvalue weighted by atomic mass is 9.94.